The molecule has 1 unspecified atom stereocenters. The molecule has 4 amide bonds. The van der Waals surface area contributed by atoms with E-state index in [1.807, 2.05) is 48.5 Å². The lowest BCUT2D eigenvalue weighted by Gasteiger charge is -2.30. The summed E-state index contributed by atoms with van der Waals surface area (Å²) in [4.78, 5) is 63.8. The van der Waals surface area contributed by atoms with Crippen LogP contribution in [-0.2, 0) is 35.6 Å². The van der Waals surface area contributed by atoms with Gasteiger partial charge in [-0.15, -0.1) is 0 Å². The van der Waals surface area contributed by atoms with Crippen molar-refractivity contribution >= 4 is 44.7 Å². The van der Waals surface area contributed by atoms with Crippen LogP contribution in [0.2, 0.25) is 0 Å². The molecular formula is C49H49N5O10S. The predicted molar refractivity (Wildman–Crippen MR) is 239 cm³/mol. The van der Waals surface area contributed by atoms with E-state index < -0.39 is 63.5 Å². The first-order valence-electron chi connectivity index (χ1n) is 21.8. The third kappa shape index (κ3) is 9.48. The van der Waals surface area contributed by atoms with E-state index in [2.05, 4.69) is 15.4 Å². The number of hydrogen-bond donors (Lipinski definition) is 3. The molecule has 3 N–H and O–H groups in total. The molecule has 65 heavy (non-hydrogen) atoms. The van der Waals surface area contributed by atoms with Crippen LogP contribution in [0.3, 0.4) is 0 Å². The van der Waals surface area contributed by atoms with Crippen molar-refractivity contribution in [2.45, 2.75) is 79.7 Å². The van der Waals surface area contributed by atoms with Gasteiger partial charge in [-0.25, -0.2) is 22.9 Å². The number of alkyl carbamates (subject to hydrolysis) is 1. The topological polar surface area (TPSA) is 192 Å². The molecule has 0 radical (unpaired) electrons. The Morgan fingerprint density at radius 2 is 1.68 bits per heavy atom. The van der Waals surface area contributed by atoms with Gasteiger partial charge in [-0.3, -0.25) is 14.4 Å². The summed E-state index contributed by atoms with van der Waals surface area (Å²) >= 11 is 0. The zero-order valence-corrected chi connectivity index (χ0v) is 36.5. The Morgan fingerprint density at radius 1 is 0.908 bits per heavy atom. The molecule has 336 valence electrons. The highest BCUT2D eigenvalue weighted by Crippen LogP contribution is 2.46. The standard InChI is InChI=1S/C49H49N5O10S/c1-61-35-21-22-39-41(26-35)50-40(32-13-4-2-5-14-32)28-44(39)63-37-27-43-45(55)52-49(47(57)53-65(59,60)38-19-6-3-7-20-38)29-33(49)15-11-23-62-36-18-10-12-31(24-36)25-42(46(56)54(43)30-37)51-48(58)64-34-16-8-9-17-34/h2-7,10-15,18-22,24,26,28,33-34,37,42-43H,8-9,16-17,23,25,27,29-30H2,1H3,(H,51,58)(H,52,55)(H,53,57)/b15-11-/t33?,37-,42-,43+,49+/m1/s1. The average Bonchev–Trinajstić information content (AvgIpc) is 3.56. The van der Waals surface area contributed by atoms with Crippen molar-refractivity contribution in [1.82, 2.24) is 25.2 Å². The lowest BCUT2D eigenvalue weighted by Crippen LogP contribution is -2.58. The molecule has 3 fully saturated rings. The second-order valence-corrected chi connectivity index (χ2v) is 18.5. The molecule has 16 heteroatoms. The van der Waals surface area contributed by atoms with Crippen molar-refractivity contribution in [1.29, 1.82) is 0 Å². The number of sulfonamides is 1. The van der Waals surface area contributed by atoms with Gasteiger partial charge < -0.3 is 34.5 Å². The van der Waals surface area contributed by atoms with Gasteiger partial charge >= 0.3 is 6.09 Å². The molecule has 1 saturated heterocycles. The molecule has 2 saturated carbocycles. The van der Waals surface area contributed by atoms with Crippen LogP contribution >= 0.6 is 0 Å². The molecule has 2 bridgehead atoms. The van der Waals surface area contributed by atoms with Gasteiger partial charge in [0.25, 0.3) is 15.9 Å². The van der Waals surface area contributed by atoms with Gasteiger partial charge in [0.1, 0.15) is 53.7 Å². The van der Waals surface area contributed by atoms with E-state index in [1.54, 1.807) is 67.8 Å². The molecule has 2 aliphatic heterocycles. The van der Waals surface area contributed by atoms with E-state index in [9.17, 15) is 22.8 Å². The highest BCUT2D eigenvalue weighted by Gasteiger charge is 2.61. The molecule has 4 aliphatic rings. The van der Waals surface area contributed by atoms with Gasteiger partial charge in [-0.05, 0) is 74.1 Å². The molecule has 9 rings (SSSR count). The number of fused-ring (bicyclic) bond motifs is 5. The minimum absolute atomic E-state index is 0.0126. The van der Waals surface area contributed by atoms with Crippen molar-refractivity contribution in [3.63, 3.8) is 0 Å². The fourth-order valence-electron chi connectivity index (χ4n) is 8.96. The number of nitrogens with one attached hydrogen (secondary N) is 3. The number of amides is 4. The second-order valence-electron chi connectivity index (χ2n) is 16.9. The molecule has 5 aromatic rings. The minimum Gasteiger partial charge on any atom is -0.497 e. The van der Waals surface area contributed by atoms with Crippen LogP contribution in [0.1, 0.15) is 44.1 Å². The van der Waals surface area contributed by atoms with Crippen LogP contribution in [0.5, 0.6) is 17.2 Å². The Kier molecular flexibility index (Phi) is 12.2. The van der Waals surface area contributed by atoms with Gasteiger partial charge in [-0.2, -0.15) is 0 Å². The van der Waals surface area contributed by atoms with E-state index in [1.165, 1.54) is 17.0 Å². The summed E-state index contributed by atoms with van der Waals surface area (Å²) < 4.78 is 53.2. The maximum Gasteiger partial charge on any atom is 0.408 e. The third-order valence-corrected chi connectivity index (χ3v) is 13.8. The van der Waals surface area contributed by atoms with Crippen molar-refractivity contribution < 1.29 is 46.5 Å². The highest BCUT2D eigenvalue weighted by atomic mass is 32.2. The van der Waals surface area contributed by atoms with Gasteiger partial charge in [0, 0.05) is 41.8 Å². The first kappa shape index (κ1) is 43.3. The largest absolute Gasteiger partial charge is 0.497 e. The summed E-state index contributed by atoms with van der Waals surface area (Å²) in [6.07, 6.45) is 5.04. The zero-order valence-electron chi connectivity index (χ0n) is 35.7. The van der Waals surface area contributed by atoms with Crippen molar-refractivity contribution in [2.24, 2.45) is 5.92 Å². The molecule has 0 spiro atoms. The van der Waals surface area contributed by atoms with E-state index in [-0.39, 0.29) is 43.4 Å². The number of benzene rings is 4. The number of carbonyl (C=O) groups excluding carboxylic acids is 4. The average molecular weight is 900 g/mol. The normalized spacial score (nSPS) is 23.9. The third-order valence-electron chi connectivity index (χ3n) is 12.5. The quantitative estimate of drug-likeness (QED) is 0.150. The molecule has 1 aromatic heterocycles. The maximum absolute atomic E-state index is 15.1. The summed E-state index contributed by atoms with van der Waals surface area (Å²) in [6.45, 7) is 0.0155. The SMILES string of the molecule is COc1ccc2c(O[C@@H]3C[C@H]4C(=O)N[C@@]5(C(=O)NS(=O)(=O)c6ccccc6)CC5/C=C\COc5cccc(c5)C[C@@H](NC(=O)OC5CCCC5)C(=O)N4C3)cc(-c3ccccc3)nc2c1. The molecule has 2 aliphatic carbocycles. The second kappa shape index (κ2) is 18.3. The summed E-state index contributed by atoms with van der Waals surface area (Å²) in [6, 6.07) is 29.0. The predicted octanol–water partition coefficient (Wildman–Crippen LogP) is 5.87. The first-order valence-corrected chi connectivity index (χ1v) is 23.3. The lowest BCUT2D eigenvalue weighted by molar-refractivity contribution is -0.141. The first-order chi connectivity index (χ1) is 31.5. The Labute approximate surface area is 376 Å². The molecule has 5 atom stereocenters. The van der Waals surface area contributed by atoms with Crippen LogP contribution in [0, 0.1) is 5.92 Å². The van der Waals surface area contributed by atoms with Gasteiger partial charge in [0.2, 0.25) is 11.8 Å². The van der Waals surface area contributed by atoms with Gasteiger partial charge in [-0.1, -0.05) is 72.8 Å². The Bertz CT molecular complexity index is 2750. The van der Waals surface area contributed by atoms with Crippen LogP contribution in [0.25, 0.3) is 22.2 Å². The monoisotopic (exact) mass is 899 g/mol. The van der Waals surface area contributed by atoms with E-state index in [4.69, 9.17) is 23.9 Å². The smallest absolute Gasteiger partial charge is 0.408 e. The van der Waals surface area contributed by atoms with Crippen molar-refractivity contribution in [2.75, 3.05) is 20.3 Å². The van der Waals surface area contributed by atoms with Gasteiger partial charge in [0.05, 0.1) is 29.8 Å². The maximum atomic E-state index is 15.1. The summed E-state index contributed by atoms with van der Waals surface area (Å²) in [7, 11) is -2.76. The number of pyridine rings is 1. The number of hydrogen-bond acceptors (Lipinski definition) is 11. The summed E-state index contributed by atoms with van der Waals surface area (Å²) in [5, 5.41) is 6.37. The fraction of sp³-hybridized carbons (Fsp3) is 0.327. The van der Waals surface area contributed by atoms with E-state index >= 15 is 4.79 Å². The van der Waals surface area contributed by atoms with Gasteiger partial charge in [0.15, 0.2) is 0 Å². The summed E-state index contributed by atoms with van der Waals surface area (Å²) in [5.41, 5.74) is 1.07. The number of carbonyl (C=O) groups is 4. The minimum atomic E-state index is -4.33. The highest BCUT2D eigenvalue weighted by molar-refractivity contribution is 7.90. The molecule has 3 heterocycles. The van der Waals surface area contributed by atoms with Crippen molar-refractivity contribution in [3.05, 3.63) is 127 Å². The number of aromatic nitrogens is 1. The Morgan fingerprint density at radius 3 is 2.45 bits per heavy atom. The number of rotatable bonds is 9. The molecule has 4 aromatic carbocycles. The van der Waals surface area contributed by atoms with E-state index in [0.717, 1.165) is 31.2 Å². The lowest BCUT2D eigenvalue weighted by atomic mass is 10.0. The van der Waals surface area contributed by atoms with Crippen LogP contribution in [0.15, 0.2) is 126 Å². The number of methoxy groups -OCH3 is 1. The van der Waals surface area contributed by atoms with Crippen LogP contribution in [-0.4, -0.2) is 92.2 Å². The van der Waals surface area contributed by atoms with Crippen LogP contribution < -0.4 is 29.6 Å². The zero-order chi connectivity index (χ0) is 45.1. The molecular weight excluding hydrogens is 851 g/mol. The van der Waals surface area contributed by atoms with Crippen LogP contribution in [0.4, 0.5) is 4.79 Å². The number of nitrogens with zero attached hydrogens (tertiary/aromatic N) is 2. The molecule has 15 nitrogen and oxygen atoms in total. The Hall–Kier alpha value is -6.94. The number of ether oxygens (including phenoxy) is 4. The Balaban J connectivity index is 1.08. The van der Waals surface area contributed by atoms with E-state index in [0.29, 0.717) is 39.4 Å². The fourth-order valence-corrected chi connectivity index (χ4v) is 10.0. The van der Waals surface area contributed by atoms with Crippen molar-refractivity contribution in [3.8, 4) is 28.5 Å². The summed E-state index contributed by atoms with van der Waals surface area (Å²) in [5.74, 6) is -1.27.